The number of hydrogen-bond acceptors (Lipinski definition) is 7. The van der Waals surface area contributed by atoms with Crippen molar-refractivity contribution in [3.63, 3.8) is 0 Å². The summed E-state index contributed by atoms with van der Waals surface area (Å²) >= 11 is 7.92. The molecule has 2 aromatic heterocycles. The third kappa shape index (κ3) is 4.82. The fourth-order valence-corrected chi connectivity index (χ4v) is 4.52. The van der Waals surface area contributed by atoms with E-state index >= 15 is 0 Å². The first kappa shape index (κ1) is 20.4. The Morgan fingerprint density at radius 3 is 2.86 bits per heavy atom. The Balaban J connectivity index is 1.54. The monoisotopic (exact) mass is 431 g/mol. The summed E-state index contributed by atoms with van der Waals surface area (Å²) in [4.78, 5) is 4.50. The van der Waals surface area contributed by atoms with E-state index in [1.807, 2.05) is 43.3 Å². The molecule has 0 spiro atoms. The van der Waals surface area contributed by atoms with Crippen LogP contribution in [0.1, 0.15) is 40.8 Å². The first-order valence-corrected chi connectivity index (χ1v) is 10.7. The molecule has 0 radical (unpaired) electrons. The smallest absolute Gasteiger partial charge is 0.166 e. The van der Waals surface area contributed by atoms with Gasteiger partial charge < -0.3 is 14.9 Å². The van der Waals surface area contributed by atoms with Gasteiger partial charge in [0, 0.05) is 30.0 Å². The molecular formula is C21H22ClN3O3S. The number of aromatic nitrogens is 3. The van der Waals surface area contributed by atoms with Gasteiger partial charge in [0.1, 0.15) is 10.7 Å². The van der Waals surface area contributed by atoms with Gasteiger partial charge in [-0.15, -0.1) is 10.2 Å². The summed E-state index contributed by atoms with van der Waals surface area (Å²) in [5, 5.41) is 30.3. The highest BCUT2D eigenvalue weighted by atomic mass is 35.5. The molecule has 0 amide bonds. The molecule has 0 saturated carbocycles. The zero-order valence-electron chi connectivity index (χ0n) is 16.0. The zero-order chi connectivity index (χ0) is 20.4. The van der Waals surface area contributed by atoms with Gasteiger partial charge in [-0.3, -0.25) is 4.98 Å². The fourth-order valence-electron chi connectivity index (χ4n) is 3.51. The number of hydrogen-bond donors (Lipinski definition) is 2. The second-order valence-corrected chi connectivity index (χ2v) is 8.72. The summed E-state index contributed by atoms with van der Waals surface area (Å²) in [5.74, 6) is 0. The molecule has 1 aliphatic heterocycles. The molecule has 3 atom stereocenters. The van der Waals surface area contributed by atoms with E-state index in [2.05, 4.69) is 15.2 Å². The van der Waals surface area contributed by atoms with E-state index in [1.54, 1.807) is 0 Å². The molecule has 3 unspecified atom stereocenters. The van der Waals surface area contributed by atoms with Crippen molar-refractivity contribution in [2.75, 3.05) is 6.61 Å². The van der Waals surface area contributed by atoms with Crippen molar-refractivity contribution in [1.82, 2.24) is 15.2 Å². The normalized spacial score (nSPS) is 22.0. The molecule has 3 aromatic rings. The molecule has 0 bridgehead atoms. The summed E-state index contributed by atoms with van der Waals surface area (Å²) < 4.78 is 5.92. The van der Waals surface area contributed by atoms with Gasteiger partial charge in [0.25, 0.3) is 0 Å². The molecule has 0 aliphatic carbocycles. The van der Waals surface area contributed by atoms with Crippen LogP contribution < -0.4 is 0 Å². The van der Waals surface area contributed by atoms with Crippen LogP contribution in [0.25, 0.3) is 10.7 Å². The van der Waals surface area contributed by atoms with Crippen LogP contribution in [-0.4, -0.2) is 44.2 Å². The van der Waals surface area contributed by atoms with Gasteiger partial charge in [0.2, 0.25) is 0 Å². The standard InChI is InChI=1S/C21H22ClN3O3S/c1-12-3-2-4-18(23-12)21-25-24-20(29-21)8-14-7-13(5-6-17(14)22)19-10-15(27)9-16(11-26)28-19/h2-7,15-16,19,26-27H,8-11H2,1H3. The van der Waals surface area contributed by atoms with Gasteiger partial charge in [-0.05, 0) is 36.2 Å². The highest BCUT2D eigenvalue weighted by Gasteiger charge is 2.29. The number of aliphatic hydroxyl groups excluding tert-OH is 2. The largest absolute Gasteiger partial charge is 0.394 e. The summed E-state index contributed by atoms with van der Waals surface area (Å²) in [6, 6.07) is 11.6. The Morgan fingerprint density at radius 1 is 1.21 bits per heavy atom. The van der Waals surface area contributed by atoms with E-state index < -0.39 is 6.10 Å². The molecular weight excluding hydrogens is 410 g/mol. The molecule has 1 aromatic carbocycles. The summed E-state index contributed by atoms with van der Waals surface area (Å²) in [5.41, 5.74) is 3.61. The molecule has 1 fully saturated rings. The maximum Gasteiger partial charge on any atom is 0.166 e. The van der Waals surface area contributed by atoms with Crippen molar-refractivity contribution in [3.8, 4) is 10.7 Å². The predicted octanol–water partition coefficient (Wildman–Crippen LogP) is 3.73. The van der Waals surface area contributed by atoms with E-state index in [0.717, 1.165) is 32.5 Å². The van der Waals surface area contributed by atoms with Crippen molar-refractivity contribution in [1.29, 1.82) is 0 Å². The zero-order valence-corrected chi connectivity index (χ0v) is 17.5. The van der Waals surface area contributed by atoms with Crippen molar-refractivity contribution < 1.29 is 14.9 Å². The number of rotatable bonds is 5. The number of nitrogens with zero attached hydrogens (tertiary/aromatic N) is 3. The van der Waals surface area contributed by atoms with E-state index in [-0.39, 0.29) is 18.8 Å². The summed E-state index contributed by atoms with van der Waals surface area (Å²) in [6.45, 7) is 1.84. The fraction of sp³-hybridized carbons (Fsp3) is 0.381. The van der Waals surface area contributed by atoms with Crippen molar-refractivity contribution >= 4 is 22.9 Å². The van der Waals surface area contributed by atoms with E-state index in [4.69, 9.17) is 16.3 Å². The number of pyridine rings is 1. The maximum atomic E-state index is 10.1. The van der Waals surface area contributed by atoms with Gasteiger partial charge >= 0.3 is 0 Å². The topological polar surface area (TPSA) is 88.4 Å². The van der Waals surface area contributed by atoms with E-state index in [0.29, 0.717) is 24.3 Å². The Hall–Kier alpha value is -1.90. The molecule has 2 N–H and O–H groups in total. The Labute approximate surface area is 178 Å². The van der Waals surface area contributed by atoms with E-state index in [1.165, 1.54) is 11.3 Å². The minimum absolute atomic E-state index is 0.103. The maximum absolute atomic E-state index is 10.1. The summed E-state index contributed by atoms with van der Waals surface area (Å²) in [7, 11) is 0. The minimum Gasteiger partial charge on any atom is -0.394 e. The van der Waals surface area contributed by atoms with Crippen LogP contribution in [0.5, 0.6) is 0 Å². The molecule has 4 rings (SSSR count). The van der Waals surface area contributed by atoms with Crippen LogP contribution in [0.2, 0.25) is 5.02 Å². The van der Waals surface area contributed by atoms with Crippen molar-refractivity contribution in [2.45, 2.75) is 44.5 Å². The van der Waals surface area contributed by atoms with Crippen LogP contribution in [0.4, 0.5) is 0 Å². The highest BCUT2D eigenvalue weighted by Crippen LogP contribution is 2.34. The number of aliphatic hydroxyl groups is 2. The van der Waals surface area contributed by atoms with Crippen LogP contribution in [0, 0.1) is 6.92 Å². The lowest BCUT2D eigenvalue weighted by molar-refractivity contribution is -0.113. The highest BCUT2D eigenvalue weighted by molar-refractivity contribution is 7.14. The Bertz CT molecular complexity index is 997. The number of halogens is 1. The minimum atomic E-state index is -0.488. The lowest BCUT2D eigenvalue weighted by atomic mass is 9.95. The summed E-state index contributed by atoms with van der Waals surface area (Å²) in [6.07, 6.45) is 0.393. The molecule has 3 heterocycles. The lowest BCUT2D eigenvalue weighted by Crippen LogP contribution is -2.33. The molecule has 1 aliphatic rings. The van der Waals surface area contributed by atoms with Gasteiger partial charge in [-0.1, -0.05) is 41.1 Å². The molecule has 29 heavy (non-hydrogen) atoms. The quantitative estimate of drug-likeness (QED) is 0.640. The molecule has 1 saturated heterocycles. The Kier molecular flexibility index (Phi) is 6.22. The number of ether oxygens (including phenoxy) is 1. The second kappa shape index (κ2) is 8.85. The van der Waals surface area contributed by atoms with Gasteiger partial charge in [-0.2, -0.15) is 0 Å². The lowest BCUT2D eigenvalue weighted by Gasteiger charge is -2.32. The first-order chi connectivity index (χ1) is 14.0. The van der Waals surface area contributed by atoms with Crippen LogP contribution in [0.15, 0.2) is 36.4 Å². The van der Waals surface area contributed by atoms with Crippen molar-refractivity contribution in [3.05, 3.63) is 63.2 Å². The van der Waals surface area contributed by atoms with Gasteiger partial charge in [0.15, 0.2) is 5.01 Å². The van der Waals surface area contributed by atoms with Gasteiger partial charge in [0.05, 0.1) is 24.9 Å². The second-order valence-electron chi connectivity index (χ2n) is 7.25. The predicted molar refractivity (Wildman–Crippen MR) is 112 cm³/mol. The number of benzene rings is 1. The number of aryl methyl sites for hydroxylation is 1. The SMILES string of the molecule is Cc1cccc(-c2nnc(Cc3cc(C4CC(O)CC(CO)O4)ccc3Cl)s2)n1. The van der Waals surface area contributed by atoms with Crippen LogP contribution in [-0.2, 0) is 11.2 Å². The molecule has 152 valence electrons. The Morgan fingerprint density at radius 2 is 2.07 bits per heavy atom. The molecule has 8 heteroatoms. The van der Waals surface area contributed by atoms with Crippen LogP contribution in [0.3, 0.4) is 0 Å². The van der Waals surface area contributed by atoms with E-state index in [9.17, 15) is 10.2 Å². The average molecular weight is 432 g/mol. The van der Waals surface area contributed by atoms with Crippen LogP contribution >= 0.6 is 22.9 Å². The molecule has 6 nitrogen and oxygen atoms in total. The van der Waals surface area contributed by atoms with Crippen molar-refractivity contribution in [2.24, 2.45) is 0 Å². The third-order valence-electron chi connectivity index (χ3n) is 4.94. The first-order valence-electron chi connectivity index (χ1n) is 9.51. The average Bonchev–Trinajstić information content (AvgIpc) is 3.18. The van der Waals surface area contributed by atoms with Gasteiger partial charge in [-0.25, -0.2) is 0 Å². The third-order valence-corrected chi connectivity index (χ3v) is 6.25.